The van der Waals surface area contributed by atoms with Crippen molar-refractivity contribution in [3.05, 3.63) is 42.0 Å². The number of aromatic nitrogens is 4. The van der Waals surface area contributed by atoms with Crippen LogP contribution in [0, 0.1) is 0 Å². The number of benzene rings is 1. The Labute approximate surface area is 179 Å². The first kappa shape index (κ1) is 18.4. The number of piperidine rings is 1. The molecule has 5 heterocycles. The number of nitrogens with one attached hydrogen (secondary N) is 1. The van der Waals surface area contributed by atoms with E-state index in [9.17, 15) is 9.59 Å². The minimum absolute atomic E-state index is 0.0245. The standard InChI is InChI=1S/C22H23N7O2/c1-27-17-16(26-19(27)20(30)28-11-4-12-28)18(25-13-24-17)29-15-6-3-2-5-14(15)22(21(29)31)7-9-23-10-8-22/h2-3,5-6,13,23H,4,7-12H2,1H3. The number of hydrogen-bond donors (Lipinski definition) is 1. The lowest BCUT2D eigenvalue weighted by Crippen LogP contribution is -2.46. The van der Waals surface area contributed by atoms with Gasteiger partial charge in [0.15, 0.2) is 17.0 Å². The maximum absolute atomic E-state index is 13.9. The highest BCUT2D eigenvalue weighted by Gasteiger charge is 2.52. The summed E-state index contributed by atoms with van der Waals surface area (Å²) in [5.74, 6) is 0.682. The van der Waals surface area contributed by atoms with Crippen LogP contribution >= 0.6 is 0 Å². The molecular formula is C22H23N7O2. The van der Waals surface area contributed by atoms with Gasteiger partial charge in [-0.25, -0.2) is 15.0 Å². The highest BCUT2D eigenvalue weighted by atomic mass is 16.2. The molecule has 9 heteroatoms. The number of para-hydroxylation sites is 1. The number of carbonyl (C=O) groups is 2. The molecule has 2 aromatic heterocycles. The van der Waals surface area contributed by atoms with E-state index in [0.717, 1.165) is 56.7 Å². The van der Waals surface area contributed by atoms with Crippen LogP contribution in [0.15, 0.2) is 30.6 Å². The van der Waals surface area contributed by atoms with Crippen LogP contribution in [0.3, 0.4) is 0 Å². The summed E-state index contributed by atoms with van der Waals surface area (Å²) in [5.41, 5.74) is 2.36. The average molecular weight is 417 g/mol. The number of nitrogens with zero attached hydrogens (tertiary/aromatic N) is 6. The normalized spacial score (nSPS) is 19.7. The summed E-state index contributed by atoms with van der Waals surface area (Å²) in [6, 6.07) is 7.94. The summed E-state index contributed by atoms with van der Waals surface area (Å²) >= 11 is 0. The molecule has 0 saturated carbocycles. The van der Waals surface area contributed by atoms with Crippen LogP contribution in [0.5, 0.6) is 0 Å². The number of imidazole rings is 1. The smallest absolute Gasteiger partial charge is 0.289 e. The van der Waals surface area contributed by atoms with Crippen molar-refractivity contribution in [2.45, 2.75) is 24.7 Å². The molecule has 6 rings (SSSR count). The van der Waals surface area contributed by atoms with Gasteiger partial charge in [0.2, 0.25) is 11.7 Å². The van der Waals surface area contributed by atoms with Crippen LogP contribution in [0.2, 0.25) is 0 Å². The van der Waals surface area contributed by atoms with Crippen molar-refractivity contribution in [1.29, 1.82) is 0 Å². The van der Waals surface area contributed by atoms with E-state index in [1.807, 2.05) is 24.3 Å². The molecular weight excluding hydrogens is 394 g/mol. The summed E-state index contributed by atoms with van der Waals surface area (Å²) in [7, 11) is 1.78. The summed E-state index contributed by atoms with van der Waals surface area (Å²) in [6.45, 7) is 3.08. The number of carbonyl (C=O) groups excluding carboxylic acids is 2. The number of rotatable bonds is 2. The first-order valence-electron chi connectivity index (χ1n) is 10.7. The van der Waals surface area contributed by atoms with Crippen LogP contribution in [0.4, 0.5) is 11.5 Å². The Balaban J connectivity index is 1.52. The molecule has 2 amide bonds. The molecule has 0 unspecified atom stereocenters. The molecule has 158 valence electrons. The van der Waals surface area contributed by atoms with E-state index in [-0.39, 0.29) is 11.8 Å². The number of aryl methyl sites for hydroxylation is 1. The highest BCUT2D eigenvalue weighted by Crippen LogP contribution is 2.50. The minimum Gasteiger partial charge on any atom is -0.336 e. The van der Waals surface area contributed by atoms with Gasteiger partial charge in [-0.3, -0.25) is 14.5 Å². The zero-order chi connectivity index (χ0) is 21.2. The molecule has 9 nitrogen and oxygen atoms in total. The molecule has 2 saturated heterocycles. The van der Waals surface area contributed by atoms with Gasteiger partial charge in [0.25, 0.3) is 5.91 Å². The minimum atomic E-state index is -0.551. The maximum atomic E-state index is 13.9. The summed E-state index contributed by atoms with van der Waals surface area (Å²) in [4.78, 5) is 43.7. The van der Waals surface area contributed by atoms with Crippen molar-refractivity contribution >= 4 is 34.5 Å². The van der Waals surface area contributed by atoms with Gasteiger partial charge in [-0.15, -0.1) is 0 Å². The molecule has 0 aliphatic carbocycles. The van der Waals surface area contributed by atoms with Gasteiger partial charge < -0.3 is 14.8 Å². The molecule has 1 aromatic carbocycles. The molecule has 2 fully saturated rings. The molecule has 31 heavy (non-hydrogen) atoms. The van der Waals surface area contributed by atoms with E-state index in [0.29, 0.717) is 22.8 Å². The lowest BCUT2D eigenvalue weighted by atomic mass is 9.74. The van der Waals surface area contributed by atoms with Crippen molar-refractivity contribution in [3.8, 4) is 0 Å². The summed E-state index contributed by atoms with van der Waals surface area (Å²) in [6.07, 6.45) is 3.94. The Morgan fingerprint density at radius 2 is 1.90 bits per heavy atom. The first-order chi connectivity index (χ1) is 15.1. The van der Waals surface area contributed by atoms with Crippen molar-refractivity contribution in [1.82, 2.24) is 29.7 Å². The predicted molar refractivity (Wildman–Crippen MR) is 114 cm³/mol. The predicted octanol–water partition coefficient (Wildman–Crippen LogP) is 1.51. The molecule has 1 spiro atoms. The number of amides is 2. The maximum Gasteiger partial charge on any atom is 0.289 e. The lowest BCUT2D eigenvalue weighted by molar-refractivity contribution is -0.123. The molecule has 3 aliphatic rings. The molecule has 0 bridgehead atoms. The Bertz CT molecular complexity index is 1220. The number of fused-ring (bicyclic) bond motifs is 3. The summed E-state index contributed by atoms with van der Waals surface area (Å²) in [5, 5.41) is 3.36. The third-order valence-electron chi connectivity index (χ3n) is 6.91. The third kappa shape index (κ3) is 2.43. The van der Waals surface area contributed by atoms with Crippen molar-refractivity contribution in [3.63, 3.8) is 0 Å². The van der Waals surface area contributed by atoms with Gasteiger partial charge in [-0.1, -0.05) is 18.2 Å². The molecule has 3 aliphatic heterocycles. The Kier molecular flexibility index (Phi) is 3.92. The van der Waals surface area contributed by atoms with E-state index >= 15 is 0 Å². The van der Waals surface area contributed by atoms with Gasteiger partial charge in [-0.05, 0) is 44.0 Å². The van der Waals surface area contributed by atoms with Crippen LogP contribution in [-0.2, 0) is 17.3 Å². The molecule has 3 aromatic rings. The van der Waals surface area contributed by atoms with E-state index in [1.54, 1.807) is 21.4 Å². The molecule has 0 radical (unpaired) electrons. The van der Waals surface area contributed by atoms with Gasteiger partial charge in [-0.2, -0.15) is 0 Å². The van der Waals surface area contributed by atoms with Crippen molar-refractivity contribution in [2.75, 3.05) is 31.1 Å². The third-order valence-corrected chi connectivity index (χ3v) is 6.91. The fourth-order valence-electron chi connectivity index (χ4n) is 5.06. The van der Waals surface area contributed by atoms with Crippen LogP contribution in [0.1, 0.15) is 35.4 Å². The Morgan fingerprint density at radius 3 is 2.65 bits per heavy atom. The number of likely N-dealkylation sites (tertiary alicyclic amines) is 1. The second kappa shape index (κ2) is 6.58. The topological polar surface area (TPSA) is 96.2 Å². The molecule has 0 atom stereocenters. The van der Waals surface area contributed by atoms with E-state index in [2.05, 4.69) is 20.3 Å². The second-order valence-electron chi connectivity index (χ2n) is 8.50. The quantitative estimate of drug-likeness (QED) is 0.679. The van der Waals surface area contributed by atoms with Gasteiger partial charge in [0.05, 0.1) is 11.1 Å². The van der Waals surface area contributed by atoms with E-state index in [4.69, 9.17) is 0 Å². The van der Waals surface area contributed by atoms with Crippen LogP contribution < -0.4 is 10.2 Å². The van der Waals surface area contributed by atoms with E-state index in [1.165, 1.54) is 6.33 Å². The zero-order valence-corrected chi connectivity index (χ0v) is 17.3. The van der Waals surface area contributed by atoms with Crippen molar-refractivity contribution in [2.24, 2.45) is 7.05 Å². The van der Waals surface area contributed by atoms with Gasteiger partial charge >= 0.3 is 0 Å². The second-order valence-corrected chi connectivity index (χ2v) is 8.50. The van der Waals surface area contributed by atoms with Gasteiger partial charge in [0, 0.05) is 20.1 Å². The SMILES string of the molecule is Cn1c(C(=O)N2CCC2)nc2c(N3C(=O)C4(CCNCC4)c4ccccc43)ncnc21. The van der Waals surface area contributed by atoms with Crippen LogP contribution in [0.25, 0.3) is 11.2 Å². The van der Waals surface area contributed by atoms with Crippen LogP contribution in [-0.4, -0.2) is 62.4 Å². The fraction of sp³-hybridized carbons (Fsp3) is 0.409. The Morgan fingerprint density at radius 1 is 1.13 bits per heavy atom. The fourth-order valence-corrected chi connectivity index (χ4v) is 5.06. The number of hydrogen-bond acceptors (Lipinski definition) is 6. The first-order valence-corrected chi connectivity index (χ1v) is 10.7. The monoisotopic (exact) mass is 417 g/mol. The average Bonchev–Trinajstić information content (AvgIpc) is 3.21. The number of anilines is 2. The largest absolute Gasteiger partial charge is 0.336 e. The summed E-state index contributed by atoms with van der Waals surface area (Å²) < 4.78 is 1.70. The zero-order valence-electron chi connectivity index (χ0n) is 17.3. The van der Waals surface area contributed by atoms with E-state index < -0.39 is 5.41 Å². The Hall–Kier alpha value is -3.33. The van der Waals surface area contributed by atoms with Gasteiger partial charge in [0.1, 0.15) is 6.33 Å². The van der Waals surface area contributed by atoms with Crippen molar-refractivity contribution < 1.29 is 9.59 Å². The lowest BCUT2D eigenvalue weighted by Gasteiger charge is -2.32. The molecule has 1 N–H and O–H groups in total. The highest BCUT2D eigenvalue weighted by molar-refractivity contribution is 6.15.